The molecule has 6 heteroatoms. The Balaban J connectivity index is 2.12. The summed E-state index contributed by atoms with van der Waals surface area (Å²) in [5.74, 6) is -0.487. The van der Waals surface area contributed by atoms with Gasteiger partial charge >= 0.3 is 5.97 Å². The van der Waals surface area contributed by atoms with Gasteiger partial charge in [-0.15, -0.1) is 11.3 Å². The Morgan fingerprint density at radius 2 is 2.32 bits per heavy atom. The van der Waals surface area contributed by atoms with E-state index in [0.29, 0.717) is 5.82 Å². The molecular weight excluding hydrogens is 262 g/mol. The number of carboxylic acid groups (broad SMARTS) is 1. The number of thiazole rings is 1. The van der Waals surface area contributed by atoms with Crippen molar-refractivity contribution in [3.05, 3.63) is 40.0 Å². The van der Waals surface area contributed by atoms with E-state index in [1.807, 2.05) is 13.1 Å². The number of hydrogen-bond acceptors (Lipinski definition) is 5. The summed E-state index contributed by atoms with van der Waals surface area (Å²) in [5, 5.41) is 13.0. The fourth-order valence-corrected chi connectivity index (χ4v) is 2.46. The van der Waals surface area contributed by atoms with Gasteiger partial charge < -0.3 is 10.4 Å². The van der Waals surface area contributed by atoms with Gasteiger partial charge in [0.15, 0.2) is 5.69 Å². The van der Waals surface area contributed by atoms with Crippen LogP contribution in [0.3, 0.4) is 0 Å². The fourth-order valence-electron chi connectivity index (χ4n) is 1.60. The summed E-state index contributed by atoms with van der Waals surface area (Å²) < 4.78 is 0. The van der Waals surface area contributed by atoms with Crippen LogP contribution in [-0.4, -0.2) is 21.0 Å². The second-order valence-electron chi connectivity index (χ2n) is 4.10. The number of aryl methyl sites for hydroxylation is 1. The van der Waals surface area contributed by atoms with Gasteiger partial charge in [-0.1, -0.05) is 13.0 Å². The number of carboxylic acids is 1. The van der Waals surface area contributed by atoms with Crippen LogP contribution in [-0.2, 0) is 6.42 Å². The fraction of sp³-hybridized carbons (Fsp3) is 0.308. The normalized spacial score (nSPS) is 12.1. The molecule has 0 aromatic carbocycles. The first-order chi connectivity index (χ1) is 9.10. The van der Waals surface area contributed by atoms with Crippen LogP contribution in [0, 0.1) is 0 Å². The number of aromatic carboxylic acids is 1. The van der Waals surface area contributed by atoms with Gasteiger partial charge in [0, 0.05) is 11.1 Å². The largest absolute Gasteiger partial charge is 0.477 e. The van der Waals surface area contributed by atoms with Crippen molar-refractivity contribution in [3.63, 3.8) is 0 Å². The molecule has 0 radical (unpaired) electrons. The first-order valence-electron chi connectivity index (χ1n) is 6.01. The number of nitrogens with zero attached hydrogens (tertiary/aromatic N) is 2. The van der Waals surface area contributed by atoms with Crippen molar-refractivity contribution in [2.45, 2.75) is 26.3 Å². The second-order valence-corrected chi connectivity index (χ2v) is 5.24. The zero-order valence-electron chi connectivity index (χ0n) is 10.8. The summed E-state index contributed by atoms with van der Waals surface area (Å²) in [7, 11) is 0. The number of nitrogens with one attached hydrogen (secondary N) is 1. The SMILES string of the molecule is CCc1cnc(C(C)Nc2cccc(C(=O)O)n2)s1. The molecular formula is C13H15N3O2S. The molecule has 19 heavy (non-hydrogen) atoms. The second kappa shape index (κ2) is 5.79. The van der Waals surface area contributed by atoms with Crippen LogP contribution in [0.2, 0.25) is 0 Å². The van der Waals surface area contributed by atoms with E-state index in [0.717, 1.165) is 11.4 Å². The maximum absolute atomic E-state index is 10.9. The third kappa shape index (κ3) is 3.29. The van der Waals surface area contributed by atoms with E-state index >= 15 is 0 Å². The lowest BCUT2D eigenvalue weighted by molar-refractivity contribution is 0.0690. The molecule has 0 saturated heterocycles. The average Bonchev–Trinajstić information content (AvgIpc) is 2.88. The highest BCUT2D eigenvalue weighted by atomic mass is 32.1. The molecule has 2 N–H and O–H groups in total. The van der Waals surface area contributed by atoms with E-state index in [4.69, 9.17) is 5.11 Å². The molecule has 2 rings (SSSR count). The van der Waals surface area contributed by atoms with Crippen LogP contribution in [0.1, 0.15) is 40.3 Å². The third-order valence-electron chi connectivity index (χ3n) is 2.62. The monoisotopic (exact) mass is 277 g/mol. The first kappa shape index (κ1) is 13.5. The van der Waals surface area contributed by atoms with Crippen LogP contribution in [0.25, 0.3) is 0 Å². The van der Waals surface area contributed by atoms with Gasteiger partial charge in [0.2, 0.25) is 0 Å². The number of carbonyl (C=O) groups is 1. The number of anilines is 1. The topological polar surface area (TPSA) is 75.1 Å². The lowest BCUT2D eigenvalue weighted by Crippen LogP contribution is -2.09. The highest BCUT2D eigenvalue weighted by molar-refractivity contribution is 7.11. The minimum Gasteiger partial charge on any atom is -0.477 e. The zero-order valence-corrected chi connectivity index (χ0v) is 11.6. The molecule has 0 saturated carbocycles. The molecule has 1 unspecified atom stereocenters. The summed E-state index contributed by atoms with van der Waals surface area (Å²) in [6, 6.07) is 4.89. The smallest absolute Gasteiger partial charge is 0.354 e. The quantitative estimate of drug-likeness (QED) is 0.878. The summed E-state index contributed by atoms with van der Waals surface area (Å²) >= 11 is 1.65. The van der Waals surface area contributed by atoms with Gasteiger partial charge in [0.1, 0.15) is 10.8 Å². The highest BCUT2D eigenvalue weighted by Crippen LogP contribution is 2.23. The standard InChI is InChI=1S/C13H15N3O2S/c1-3-9-7-14-12(19-9)8(2)15-11-6-4-5-10(16-11)13(17)18/h4-8H,3H2,1-2H3,(H,15,16)(H,17,18). The van der Waals surface area contributed by atoms with Crippen LogP contribution in [0.15, 0.2) is 24.4 Å². The molecule has 0 aliphatic rings. The molecule has 0 aliphatic heterocycles. The minimum atomic E-state index is -1.03. The Bertz CT molecular complexity index is 583. The molecule has 0 aliphatic carbocycles. The van der Waals surface area contributed by atoms with Crippen LogP contribution < -0.4 is 5.32 Å². The van der Waals surface area contributed by atoms with Gasteiger partial charge in [-0.3, -0.25) is 0 Å². The van der Waals surface area contributed by atoms with Crippen molar-refractivity contribution in [2.24, 2.45) is 0 Å². The molecule has 2 aromatic heterocycles. The Morgan fingerprint density at radius 3 is 2.95 bits per heavy atom. The molecule has 2 heterocycles. The molecule has 1 atom stereocenters. The third-order valence-corrected chi connectivity index (χ3v) is 3.95. The Hall–Kier alpha value is -1.95. The number of aromatic nitrogens is 2. The first-order valence-corrected chi connectivity index (χ1v) is 6.83. The molecule has 0 fully saturated rings. The van der Waals surface area contributed by atoms with Gasteiger partial charge in [-0.25, -0.2) is 14.8 Å². The molecule has 0 spiro atoms. The number of pyridine rings is 1. The van der Waals surface area contributed by atoms with Crippen molar-refractivity contribution in [2.75, 3.05) is 5.32 Å². The van der Waals surface area contributed by atoms with Crippen LogP contribution >= 0.6 is 11.3 Å². The van der Waals surface area contributed by atoms with Crippen molar-refractivity contribution >= 4 is 23.1 Å². The maximum Gasteiger partial charge on any atom is 0.354 e. The maximum atomic E-state index is 10.9. The lowest BCUT2D eigenvalue weighted by Gasteiger charge is -2.11. The summed E-state index contributed by atoms with van der Waals surface area (Å²) in [6.45, 7) is 4.07. The number of rotatable bonds is 5. The summed E-state index contributed by atoms with van der Waals surface area (Å²) in [5.41, 5.74) is 0.0329. The van der Waals surface area contributed by atoms with Crippen molar-refractivity contribution < 1.29 is 9.90 Å². The molecule has 2 aromatic rings. The van der Waals surface area contributed by atoms with Crippen molar-refractivity contribution in [1.29, 1.82) is 0 Å². The Kier molecular flexibility index (Phi) is 4.11. The predicted octanol–water partition coefficient (Wildman–Crippen LogP) is 2.97. The van der Waals surface area contributed by atoms with E-state index in [-0.39, 0.29) is 11.7 Å². The van der Waals surface area contributed by atoms with Gasteiger partial charge in [-0.2, -0.15) is 0 Å². The van der Waals surface area contributed by atoms with Crippen molar-refractivity contribution in [3.8, 4) is 0 Å². The van der Waals surface area contributed by atoms with Crippen LogP contribution in [0.5, 0.6) is 0 Å². The highest BCUT2D eigenvalue weighted by Gasteiger charge is 2.12. The van der Waals surface area contributed by atoms with Gasteiger partial charge in [-0.05, 0) is 25.5 Å². The lowest BCUT2D eigenvalue weighted by atomic mass is 10.3. The summed E-state index contributed by atoms with van der Waals surface area (Å²) in [6.07, 6.45) is 2.84. The van der Waals surface area contributed by atoms with E-state index in [1.54, 1.807) is 23.5 Å². The van der Waals surface area contributed by atoms with E-state index < -0.39 is 5.97 Å². The van der Waals surface area contributed by atoms with Gasteiger partial charge in [0.05, 0.1) is 6.04 Å². The molecule has 0 amide bonds. The van der Waals surface area contributed by atoms with E-state index in [1.165, 1.54) is 10.9 Å². The molecule has 5 nitrogen and oxygen atoms in total. The number of hydrogen-bond donors (Lipinski definition) is 2. The Labute approximate surface area is 115 Å². The van der Waals surface area contributed by atoms with E-state index in [2.05, 4.69) is 22.2 Å². The molecule has 100 valence electrons. The predicted molar refractivity (Wildman–Crippen MR) is 74.7 cm³/mol. The zero-order chi connectivity index (χ0) is 13.8. The Morgan fingerprint density at radius 1 is 1.53 bits per heavy atom. The van der Waals surface area contributed by atoms with Crippen molar-refractivity contribution in [1.82, 2.24) is 9.97 Å². The molecule has 0 bridgehead atoms. The average molecular weight is 277 g/mol. The van der Waals surface area contributed by atoms with E-state index in [9.17, 15) is 4.79 Å². The minimum absolute atomic E-state index is 0.00171. The summed E-state index contributed by atoms with van der Waals surface area (Å²) in [4.78, 5) is 20.5. The van der Waals surface area contributed by atoms with Gasteiger partial charge in [0.25, 0.3) is 0 Å². The van der Waals surface area contributed by atoms with Crippen LogP contribution in [0.4, 0.5) is 5.82 Å².